The van der Waals surface area contributed by atoms with Crippen molar-refractivity contribution >= 4 is 5.78 Å². The summed E-state index contributed by atoms with van der Waals surface area (Å²) in [4.78, 5) is 13.2. The van der Waals surface area contributed by atoms with Gasteiger partial charge in [0.1, 0.15) is 0 Å². The maximum atomic E-state index is 13.2. The fourth-order valence-electron chi connectivity index (χ4n) is 7.16. The zero-order valence-electron chi connectivity index (χ0n) is 15.0. The maximum Gasteiger partial charge on any atom is 0.162 e. The van der Waals surface area contributed by atoms with Gasteiger partial charge in [-0.15, -0.1) is 0 Å². The molecule has 7 atom stereocenters. The van der Waals surface area contributed by atoms with Crippen molar-refractivity contribution < 1.29 is 9.90 Å². The van der Waals surface area contributed by atoms with Crippen LogP contribution in [0.4, 0.5) is 0 Å². The largest absolute Gasteiger partial charge is 0.393 e. The van der Waals surface area contributed by atoms with E-state index in [1.807, 2.05) is 6.92 Å². The molecular formula is C21H32O2. The molecule has 0 bridgehead atoms. The summed E-state index contributed by atoms with van der Waals surface area (Å²) < 4.78 is 0. The second-order valence-corrected chi connectivity index (χ2v) is 9.32. The fourth-order valence-corrected chi connectivity index (χ4v) is 7.16. The lowest BCUT2D eigenvalue weighted by molar-refractivity contribution is -0.133. The van der Waals surface area contributed by atoms with E-state index in [1.165, 1.54) is 44.1 Å². The van der Waals surface area contributed by atoms with Crippen molar-refractivity contribution in [1.29, 1.82) is 0 Å². The van der Waals surface area contributed by atoms with E-state index in [0.29, 0.717) is 17.6 Å². The Bertz CT molecular complexity index is 548. The molecule has 1 N–H and O–H groups in total. The number of ketones is 1. The van der Waals surface area contributed by atoms with Crippen molar-refractivity contribution in [2.75, 3.05) is 0 Å². The van der Waals surface area contributed by atoms with Gasteiger partial charge in [0.25, 0.3) is 0 Å². The number of hydrogen-bond donors (Lipinski definition) is 1. The van der Waals surface area contributed by atoms with Crippen LogP contribution in [0.5, 0.6) is 0 Å². The van der Waals surface area contributed by atoms with E-state index in [9.17, 15) is 9.90 Å². The standard InChI is InChI=1S/C21H32O2/c1-13(22)16-9-10-17-15-8-7-14-6-4-5-11-20(14,2)18(15)12-19(23)21(16,17)3/h12-17,22H,4-11H2,1-3H3/t13?,14?,15-,16+,17-,20-,21+/m0/s1. The van der Waals surface area contributed by atoms with Crippen LogP contribution in [0.15, 0.2) is 11.6 Å². The molecule has 0 saturated heterocycles. The first-order valence-corrected chi connectivity index (χ1v) is 9.83. The molecular weight excluding hydrogens is 284 g/mol. The van der Waals surface area contributed by atoms with Gasteiger partial charge in [-0.25, -0.2) is 0 Å². The average Bonchev–Trinajstić information content (AvgIpc) is 2.87. The molecule has 4 rings (SSSR count). The summed E-state index contributed by atoms with van der Waals surface area (Å²) in [6.45, 7) is 6.49. The third-order valence-electron chi connectivity index (χ3n) is 8.50. The van der Waals surface area contributed by atoms with Crippen molar-refractivity contribution in [3.05, 3.63) is 11.6 Å². The van der Waals surface area contributed by atoms with E-state index in [0.717, 1.165) is 18.8 Å². The minimum absolute atomic E-state index is 0.148. The van der Waals surface area contributed by atoms with Gasteiger partial charge in [-0.2, -0.15) is 0 Å². The maximum absolute atomic E-state index is 13.2. The van der Waals surface area contributed by atoms with Crippen LogP contribution < -0.4 is 0 Å². The van der Waals surface area contributed by atoms with Crippen molar-refractivity contribution in [1.82, 2.24) is 0 Å². The van der Waals surface area contributed by atoms with Crippen LogP contribution in [-0.2, 0) is 4.79 Å². The Labute approximate surface area is 140 Å². The molecule has 0 aromatic carbocycles. The molecule has 0 heterocycles. The van der Waals surface area contributed by atoms with Crippen LogP contribution in [0.3, 0.4) is 0 Å². The minimum Gasteiger partial charge on any atom is -0.393 e. The van der Waals surface area contributed by atoms with E-state index in [2.05, 4.69) is 19.9 Å². The van der Waals surface area contributed by atoms with Gasteiger partial charge in [0.2, 0.25) is 0 Å². The van der Waals surface area contributed by atoms with Gasteiger partial charge in [-0.1, -0.05) is 32.3 Å². The van der Waals surface area contributed by atoms with Crippen molar-refractivity contribution in [3.63, 3.8) is 0 Å². The highest BCUT2D eigenvalue weighted by Crippen LogP contribution is 2.64. The molecule has 0 spiro atoms. The summed E-state index contributed by atoms with van der Waals surface area (Å²) in [6.07, 6.45) is 11.8. The van der Waals surface area contributed by atoms with Gasteiger partial charge in [-0.3, -0.25) is 4.79 Å². The molecule has 4 aliphatic rings. The predicted molar refractivity (Wildman–Crippen MR) is 91.9 cm³/mol. The average molecular weight is 316 g/mol. The van der Waals surface area contributed by atoms with Crippen molar-refractivity contribution in [2.45, 2.75) is 78.2 Å². The number of aliphatic hydroxyl groups is 1. The molecule has 0 aromatic rings. The lowest BCUT2D eigenvalue weighted by Gasteiger charge is -2.55. The van der Waals surface area contributed by atoms with E-state index < -0.39 is 0 Å². The quantitative estimate of drug-likeness (QED) is 0.772. The second kappa shape index (κ2) is 5.18. The van der Waals surface area contributed by atoms with Crippen LogP contribution in [0, 0.1) is 34.5 Å². The lowest BCUT2D eigenvalue weighted by atomic mass is 9.48. The van der Waals surface area contributed by atoms with Crippen LogP contribution in [0.2, 0.25) is 0 Å². The van der Waals surface area contributed by atoms with Crippen LogP contribution in [0.1, 0.15) is 72.1 Å². The lowest BCUT2D eigenvalue weighted by Crippen LogP contribution is -2.51. The molecule has 2 heteroatoms. The Morgan fingerprint density at radius 2 is 1.91 bits per heavy atom. The highest BCUT2D eigenvalue weighted by Gasteiger charge is 2.60. The molecule has 2 unspecified atom stereocenters. The Morgan fingerprint density at radius 3 is 2.65 bits per heavy atom. The Balaban J connectivity index is 1.76. The summed E-state index contributed by atoms with van der Waals surface area (Å²) in [5.74, 6) is 2.33. The minimum atomic E-state index is -0.370. The number of hydrogen-bond acceptors (Lipinski definition) is 2. The molecule has 128 valence electrons. The second-order valence-electron chi connectivity index (χ2n) is 9.32. The SMILES string of the molecule is CC(O)[C@H]1CC[C@H]2[C@@H]3CCC4CCCC[C@]4(C)C3=CC(=O)[C@]12C. The first-order valence-electron chi connectivity index (χ1n) is 9.83. The number of rotatable bonds is 1. The van der Waals surface area contributed by atoms with Gasteiger partial charge in [-0.05, 0) is 80.6 Å². The number of carbonyl (C=O) groups excluding carboxylic acids is 1. The zero-order valence-corrected chi connectivity index (χ0v) is 15.0. The molecule has 3 fully saturated rings. The molecule has 0 aromatic heterocycles. The first kappa shape index (κ1) is 15.9. The molecule has 3 saturated carbocycles. The summed E-state index contributed by atoms with van der Waals surface area (Å²) in [7, 11) is 0. The third-order valence-corrected chi connectivity index (χ3v) is 8.50. The summed E-state index contributed by atoms with van der Waals surface area (Å²) in [5.41, 5.74) is 1.47. The smallest absolute Gasteiger partial charge is 0.162 e. The molecule has 23 heavy (non-hydrogen) atoms. The molecule has 0 radical (unpaired) electrons. The van der Waals surface area contributed by atoms with E-state index in [1.54, 1.807) is 0 Å². The van der Waals surface area contributed by atoms with Gasteiger partial charge >= 0.3 is 0 Å². The first-order chi connectivity index (χ1) is 10.9. The van der Waals surface area contributed by atoms with Crippen LogP contribution >= 0.6 is 0 Å². The Kier molecular flexibility index (Phi) is 3.58. The third kappa shape index (κ3) is 2.00. The van der Waals surface area contributed by atoms with E-state index in [-0.39, 0.29) is 22.9 Å². The summed E-state index contributed by atoms with van der Waals surface area (Å²) in [6, 6.07) is 0. The molecule has 0 aliphatic heterocycles. The highest BCUT2D eigenvalue weighted by molar-refractivity contribution is 5.97. The van der Waals surface area contributed by atoms with E-state index >= 15 is 0 Å². The number of aliphatic hydroxyl groups excluding tert-OH is 1. The molecule has 0 amide bonds. The van der Waals surface area contributed by atoms with Gasteiger partial charge in [0.15, 0.2) is 5.78 Å². The van der Waals surface area contributed by atoms with Gasteiger partial charge in [0.05, 0.1) is 6.10 Å². The molecule has 2 nitrogen and oxygen atoms in total. The van der Waals surface area contributed by atoms with Gasteiger partial charge in [0, 0.05) is 5.41 Å². The number of carbonyl (C=O) groups is 1. The topological polar surface area (TPSA) is 37.3 Å². The zero-order chi connectivity index (χ0) is 16.4. The molecule has 4 aliphatic carbocycles. The fraction of sp³-hybridized carbons (Fsp3) is 0.857. The summed E-state index contributed by atoms with van der Waals surface area (Å²) >= 11 is 0. The van der Waals surface area contributed by atoms with Gasteiger partial charge < -0.3 is 5.11 Å². The van der Waals surface area contributed by atoms with Crippen molar-refractivity contribution in [2.24, 2.45) is 34.5 Å². The normalized spacial score (nSPS) is 50.6. The van der Waals surface area contributed by atoms with E-state index in [4.69, 9.17) is 0 Å². The predicted octanol–water partition coefficient (Wildman–Crippen LogP) is 4.52. The van der Waals surface area contributed by atoms with Crippen molar-refractivity contribution in [3.8, 4) is 0 Å². The number of fused-ring (bicyclic) bond motifs is 5. The van der Waals surface area contributed by atoms with Crippen LogP contribution in [-0.4, -0.2) is 17.0 Å². The number of allylic oxidation sites excluding steroid dienone is 2. The monoisotopic (exact) mass is 316 g/mol. The highest BCUT2D eigenvalue weighted by atomic mass is 16.3. The Hall–Kier alpha value is -0.630. The Morgan fingerprint density at radius 1 is 1.13 bits per heavy atom. The summed E-state index contributed by atoms with van der Waals surface area (Å²) in [5, 5.41) is 10.2. The van der Waals surface area contributed by atoms with Crippen LogP contribution in [0.25, 0.3) is 0 Å².